The van der Waals surface area contributed by atoms with Crippen molar-refractivity contribution in [1.29, 1.82) is 0 Å². The fourth-order valence-corrected chi connectivity index (χ4v) is 2.35. The van der Waals surface area contributed by atoms with Gasteiger partial charge in [0.05, 0.1) is 0 Å². The van der Waals surface area contributed by atoms with Gasteiger partial charge >= 0.3 is 5.97 Å². The van der Waals surface area contributed by atoms with E-state index < -0.39 is 12.1 Å². The topological polar surface area (TPSA) is 66.8 Å². The monoisotopic (exact) mass is 268 g/mol. The highest BCUT2D eigenvalue weighted by Crippen LogP contribution is 2.29. The summed E-state index contributed by atoms with van der Waals surface area (Å²) in [4.78, 5) is 10.5. The van der Waals surface area contributed by atoms with E-state index in [2.05, 4.69) is 0 Å². The number of hydrogen-bond acceptors (Lipinski definition) is 3. The number of ether oxygens (including phenoxy) is 1. The van der Waals surface area contributed by atoms with E-state index in [1.54, 1.807) is 12.1 Å². The smallest absolute Gasteiger partial charge is 0.332 e. The standard InChI is InChI=1S/C14H17FO4/c15-12-7-9(8-13(16)14(17)18)1-2-11(12)10-3-5-19-6-4-10/h1-2,7,10,13,16H,3-6,8H2,(H,17,18). The van der Waals surface area contributed by atoms with Crippen molar-refractivity contribution in [1.82, 2.24) is 0 Å². The second-order valence-electron chi connectivity index (χ2n) is 4.80. The molecule has 0 aliphatic carbocycles. The van der Waals surface area contributed by atoms with Crippen LogP contribution in [0.5, 0.6) is 0 Å². The van der Waals surface area contributed by atoms with E-state index in [-0.39, 0.29) is 18.2 Å². The largest absolute Gasteiger partial charge is 0.479 e. The highest BCUT2D eigenvalue weighted by Gasteiger charge is 2.20. The maximum Gasteiger partial charge on any atom is 0.332 e. The predicted molar refractivity (Wildman–Crippen MR) is 66.5 cm³/mol. The number of carbonyl (C=O) groups is 1. The van der Waals surface area contributed by atoms with Gasteiger partial charge < -0.3 is 14.9 Å². The Balaban J connectivity index is 2.10. The summed E-state index contributed by atoms with van der Waals surface area (Å²) in [5, 5.41) is 17.9. The third-order valence-electron chi connectivity index (χ3n) is 3.44. The van der Waals surface area contributed by atoms with Gasteiger partial charge in [-0.25, -0.2) is 9.18 Å². The number of carboxylic acid groups (broad SMARTS) is 1. The molecular weight excluding hydrogens is 251 g/mol. The van der Waals surface area contributed by atoms with Crippen molar-refractivity contribution in [2.24, 2.45) is 0 Å². The van der Waals surface area contributed by atoms with E-state index in [9.17, 15) is 14.3 Å². The second-order valence-corrected chi connectivity index (χ2v) is 4.80. The number of aliphatic hydroxyl groups is 1. The number of carboxylic acids is 1. The molecule has 1 saturated heterocycles. The summed E-state index contributed by atoms with van der Waals surface area (Å²) < 4.78 is 19.3. The molecule has 5 heteroatoms. The van der Waals surface area contributed by atoms with Crippen LogP contribution in [0.2, 0.25) is 0 Å². The SMILES string of the molecule is O=C(O)C(O)Cc1ccc(C2CCOCC2)c(F)c1. The summed E-state index contributed by atoms with van der Waals surface area (Å²) in [7, 11) is 0. The van der Waals surface area contributed by atoms with Crippen LogP contribution >= 0.6 is 0 Å². The number of aliphatic hydroxyl groups excluding tert-OH is 1. The predicted octanol–water partition coefficient (Wildman–Crippen LogP) is 1.71. The molecule has 0 amide bonds. The summed E-state index contributed by atoms with van der Waals surface area (Å²) in [6.07, 6.45) is 0.0239. The normalized spacial score (nSPS) is 18.2. The van der Waals surface area contributed by atoms with Gasteiger partial charge in [0.1, 0.15) is 5.82 Å². The molecule has 0 saturated carbocycles. The first kappa shape index (κ1) is 14.0. The zero-order chi connectivity index (χ0) is 13.8. The molecule has 1 aliphatic heterocycles. The molecule has 2 N–H and O–H groups in total. The fraction of sp³-hybridized carbons (Fsp3) is 0.500. The molecule has 0 aromatic heterocycles. The van der Waals surface area contributed by atoms with Crippen LogP contribution in [0.15, 0.2) is 18.2 Å². The molecule has 19 heavy (non-hydrogen) atoms. The van der Waals surface area contributed by atoms with Crippen LogP contribution < -0.4 is 0 Å². The minimum absolute atomic E-state index is 0.0830. The molecule has 4 nitrogen and oxygen atoms in total. The number of benzene rings is 1. The molecule has 1 unspecified atom stereocenters. The second kappa shape index (κ2) is 6.12. The van der Waals surface area contributed by atoms with Crippen LogP contribution in [0.25, 0.3) is 0 Å². The first-order valence-electron chi connectivity index (χ1n) is 6.35. The van der Waals surface area contributed by atoms with Crippen molar-refractivity contribution in [3.8, 4) is 0 Å². The molecular formula is C14H17FO4. The molecule has 1 fully saturated rings. The molecule has 0 spiro atoms. The maximum atomic E-state index is 14.0. The molecule has 0 radical (unpaired) electrons. The van der Waals surface area contributed by atoms with Crippen molar-refractivity contribution < 1.29 is 24.1 Å². The summed E-state index contributed by atoms with van der Waals surface area (Å²) in [5.41, 5.74) is 1.14. The lowest BCUT2D eigenvalue weighted by molar-refractivity contribution is -0.146. The van der Waals surface area contributed by atoms with Crippen molar-refractivity contribution in [3.05, 3.63) is 35.1 Å². The van der Waals surface area contributed by atoms with Crippen LogP contribution in [0, 0.1) is 5.82 Å². The highest BCUT2D eigenvalue weighted by atomic mass is 19.1. The van der Waals surface area contributed by atoms with Gasteiger partial charge in [0.15, 0.2) is 6.10 Å². The fourth-order valence-electron chi connectivity index (χ4n) is 2.35. The summed E-state index contributed by atoms with van der Waals surface area (Å²) in [6, 6.07) is 4.69. The lowest BCUT2D eigenvalue weighted by Gasteiger charge is -2.23. The number of aliphatic carboxylic acids is 1. The minimum Gasteiger partial charge on any atom is -0.479 e. The third kappa shape index (κ3) is 3.52. The van der Waals surface area contributed by atoms with Gasteiger partial charge in [-0.3, -0.25) is 0 Å². The minimum atomic E-state index is -1.49. The molecule has 0 bridgehead atoms. The molecule has 1 aromatic rings. The Hall–Kier alpha value is -1.46. The molecule has 1 heterocycles. The lowest BCUT2D eigenvalue weighted by Crippen LogP contribution is -2.22. The summed E-state index contributed by atoms with van der Waals surface area (Å²) in [5.74, 6) is -1.47. The summed E-state index contributed by atoms with van der Waals surface area (Å²) in [6.45, 7) is 1.28. The van der Waals surface area contributed by atoms with Crippen LogP contribution in [0.4, 0.5) is 4.39 Å². The first-order chi connectivity index (χ1) is 9.08. The van der Waals surface area contributed by atoms with E-state index in [4.69, 9.17) is 9.84 Å². The van der Waals surface area contributed by atoms with Crippen molar-refractivity contribution in [3.63, 3.8) is 0 Å². The van der Waals surface area contributed by atoms with Crippen molar-refractivity contribution in [2.45, 2.75) is 31.3 Å². The van der Waals surface area contributed by atoms with E-state index in [0.29, 0.717) is 24.3 Å². The number of hydrogen-bond donors (Lipinski definition) is 2. The zero-order valence-electron chi connectivity index (χ0n) is 10.5. The Bertz CT molecular complexity index is 455. The Morgan fingerprint density at radius 2 is 2.11 bits per heavy atom. The van der Waals surface area contributed by atoms with Crippen molar-refractivity contribution >= 4 is 5.97 Å². The zero-order valence-corrected chi connectivity index (χ0v) is 10.5. The van der Waals surface area contributed by atoms with Crippen LogP contribution in [-0.4, -0.2) is 35.5 Å². The summed E-state index contributed by atoms with van der Waals surface area (Å²) >= 11 is 0. The maximum absolute atomic E-state index is 14.0. The van der Waals surface area contributed by atoms with Gasteiger partial charge in [0, 0.05) is 19.6 Å². The first-order valence-corrected chi connectivity index (χ1v) is 6.35. The van der Waals surface area contributed by atoms with Crippen molar-refractivity contribution in [2.75, 3.05) is 13.2 Å². The van der Waals surface area contributed by atoms with Gasteiger partial charge in [-0.1, -0.05) is 12.1 Å². The Kier molecular flexibility index (Phi) is 4.50. The van der Waals surface area contributed by atoms with Gasteiger partial charge in [0.2, 0.25) is 0 Å². The third-order valence-corrected chi connectivity index (χ3v) is 3.44. The van der Waals surface area contributed by atoms with Crippen LogP contribution in [-0.2, 0) is 16.0 Å². The lowest BCUT2D eigenvalue weighted by atomic mass is 9.90. The van der Waals surface area contributed by atoms with E-state index in [0.717, 1.165) is 12.8 Å². The van der Waals surface area contributed by atoms with E-state index >= 15 is 0 Å². The average molecular weight is 268 g/mol. The van der Waals surface area contributed by atoms with Crippen LogP contribution in [0.3, 0.4) is 0 Å². The quantitative estimate of drug-likeness (QED) is 0.872. The van der Waals surface area contributed by atoms with Gasteiger partial charge in [0.25, 0.3) is 0 Å². The van der Waals surface area contributed by atoms with Gasteiger partial charge in [-0.15, -0.1) is 0 Å². The molecule has 2 rings (SSSR count). The highest BCUT2D eigenvalue weighted by molar-refractivity contribution is 5.72. The van der Waals surface area contributed by atoms with E-state index in [1.165, 1.54) is 6.07 Å². The van der Waals surface area contributed by atoms with Gasteiger partial charge in [-0.05, 0) is 36.0 Å². The number of halogens is 1. The Morgan fingerprint density at radius 1 is 1.42 bits per heavy atom. The molecule has 1 aliphatic rings. The van der Waals surface area contributed by atoms with Crippen LogP contribution in [0.1, 0.15) is 29.9 Å². The van der Waals surface area contributed by atoms with Gasteiger partial charge in [-0.2, -0.15) is 0 Å². The molecule has 104 valence electrons. The number of rotatable bonds is 4. The Morgan fingerprint density at radius 3 is 2.68 bits per heavy atom. The average Bonchev–Trinajstić information content (AvgIpc) is 2.39. The Labute approximate surface area is 110 Å². The molecule has 1 atom stereocenters. The van der Waals surface area contributed by atoms with E-state index in [1.807, 2.05) is 0 Å². The molecule has 1 aromatic carbocycles.